The molecule has 1 aromatic rings. The zero-order chi connectivity index (χ0) is 19.4. The monoisotopic (exact) mass is 372 g/mol. The standard InChI is InChI=1S/C21H28N2O4/c1-4-23-17-10-5-6-12-21(17,13-11-18(23)24)20(25)22-14-15-8-7-9-16(26-2)19(15)27-3/h7-10H,4-6,11-14H2,1-3H3,(H,22,25). The normalized spacial score (nSPS) is 22.0. The van der Waals surface area contributed by atoms with Crippen LogP contribution in [0.4, 0.5) is 0 Å². The van der Waals surface area contributed by atoms with Gasteiger partial charge in [0.25, 0.3) is 0 Å². The Morgan fingerprint density at radius 3 is 2.78 bits per heavy atom. The van der Waals surface area contributed by atoms with E-state index >= 15 is 0 Å². The fourth-order valence-electron chi connectivity index (χ4n) is 4.30. The first-order chi connectivity index (χ1) is 13.1. The number of rotatable bonds is 6. The van der Waals surface area contributed by atoms with Gasteiger partial charge in [-0.05, 0) is 38.7 Å². The van der Waals surface area contributed by atoms with Crippen LogP contribution in [0.5, 0.6) is 11.5 Å². The number of nitrogens with zero attached hydrogens (tertiary/aromatic N) is 1. The first-order valence-corrected chi connectivity index (χ1v) is 9.56. The number of carbonyl (C=O) groups is 2. The van der Waals surface area contributed by atoms with Crippen molar-refractivity contribution in [3.05, 3.63) is 35.5 Å². The van der Waals surface area contributed by atoms with E-state index in [2.05, 4.69) is 11.4 Å². The van der Waals surface area contributed by atoms with Gasteiger partial charge in [-0.1, -0.05) is 18.2 Å². The predicted molar refractivity (Wildman–Crippen MR) is 102 cm³/mol. The molecular formula is C21H28N2O4. The minimum absolute atomic E-state index is 0.00993. The molecule has 0 bridgehead atoms. The Labute approximate surface area is 160 Å². The third-order valence-electron chi connectivity index (χ3n) is 5.67. The maximum atomic E-state index is 13.3. The zero-order valence-corrected chi connectivity index (χ0v) is 16.3. The van der Waals surface area contributed by atoms with Crippen molar-refractivity contribution in [2.45, 2.75) is 45.6 Å². The van der Waals surface area contributed by atoms with Crippen molar-refractivity contribution in [1.29, 1.82) is 0 Å². The molecule has 6 nitrogen and oxygen atoms in total. The smallest absolute Gasteiger partial charge is 0.232 e. The molecule has 1 aliphatic heterocycles. The lowest BCUT2D eigenvalue weighted by molar-refractivity contribution is -0.140. The lowest BCUT2D eigenvalue weighted by Crippen LogP contribution is -2.52. The number of piperidine rings is 1. The summed E-state index contributed by atoms with van der Waals surface area (Å²) < 4.78 is 10.8. The van der Waals surface area contributed by atoms with Crippen molar-refractivity contribution in [1.82, 2.24) is 10.2 Å². The number of hydrogen-bond acceptors (Lipinski definition) is 4. The highest BCUT2D eigenvalue weighted by molar-refractivity contribution is 5.91. The lowest BCUT2D eigenvalue weighted by atomic mass is 9.69. The summed E-state index contributed by atoms with van der Waals surface area (Å²) in [5.41, 5.74) is 1.15. The second-order valence-electron chi connectivity index (χ2n) is 7.04. The van der Waals surface area contributed by atoms with E-state index in [4.69, 9.17) is 9.47 Å². The van der Waals surface area contributed by atoms with Gasteiger partial charge in [-0.15, -0.1) is 0 Å². The number of likely N-dealkylation sites (tertiary alicyclic amines) is 1. The van der Waals surface area contributed by atoms with Crippen LogP contribution in [0.3, 0.4) is 0 Å². The Bertz CT molecular complexity index is 759. The molecule has 1 heterocycles. The highest BCUT2D eigenvalue weighted by Crippen LogP contribution is 2.46. The third kappa shape index (κ3) is 3.40. The lowest BCUT2D eigenvalue weighted by Gasteiger charge is -2.45. The molecule has 2 aliphatic rings. The van der Waals surface area contributed by atoms with Gasteiger partial charge in [0.1, 0.15) is 0 Å². The molecule has 1 saturated heterocycles. The third-order valence-corrected chi connectivity index (χ3v) is 5.67. The number of ether oxygens (including phenoxy) is 2. The molecule has 0 aromatic heterocycles. The van der Waals surface area contributed by atoms with Crippen LogP contribution in [0.2, 0.25) is 0 Å². The molecule has 0 radical (unpaired) electrons. The van der Waals surface area contributed by atoms with Crippen molar-refractivity contribution in [3.63, 3.8) is 0 Å². The van der Waals surface area contributed by atoms with Crippen molar-refractivity contribution in [3.8, 4) is 11.5 Å². The van der Waals surface area contributed by atoms with Crippen LogP contribution in [0.25, 0.3) is 0 Å². The number of amides is 2. The van der Waals surface area contributed by atoms with Crippen molar-refractivity contribution >= 4 is 11.8 Å². The Morgan fingerprint density at radius 1 is 1.26 bits per heavy atom. The summed E-state index contributed by atoms with van der Waals surface area (Å²) in [6.07, 6.45) is 5.73. The van der Waals surface area contributed by atoms with E-state index in [1.54, 1.807) is 19.1 Å². The largest absolute Gasteiger partial charge is 0.493 e. The van der Waals surface area contributed by atoms with Crippen LogP contribution in [-0.2, 0) is 16.1 Å². The van der Waals surface area contributed by atoms with E-state index in [0.29, 0.717) is 37.4 Å². The van der Waals surface area contributed by atoms with Crippen LogP contribution in [0, 0.1) is 5.41 Å². The van der Waals surface area contributed by atoms with Gasteiger partial charge >= 0.3 is 0 Å². The van der Waals surface area contributed by atoms with Gasteiger partial charge in [-0.3, -0.25) is 9.59 Å². The van der Waals surface area contributed by atoms with Crippen molar-refractivity contribution in [2.24, 2.45) is 5.41 Å². The van der Waals surface area contributed by atoms with E-state index in [0.717, 1.165) is 30.5 Å². The van der Waals surface area contributed by atoms with Gasteiger partial charge in [-0.25, -0.2) is 0 Å². The maximum Gasteiger partial charge on any atom is 0.232 e. The van der Waals surface area contributed by atoms with Crippen LogP contribution >= 0.6 is 0 Å². The number of carbonyl (C=O) groups excluding carboxylic acids is 2. The van der Waals surface area contributed by atoms with Crippen molar-refractivity contribution < 1.29 is 19.1 Å². The topological polar surface area (TPSA) is 67.9 Å². The molecule has 0 spiro atoms. The summed E-state index contributed by atoms with van der Waals surface area (Å²) in [5, 5.41) is 3.09. The Balaban J connectivity index is 1.82. The molecule has 27 heavy (non-hydrogen) atoms. The SMILES string of the molecule is CCN1C(=O)CCC2(C(=O)NCc3cccc(OC)c3OC)CCCC=C12. The van der Waals surface area contributed by atoms with E-state index < -0.39 is 5.41 Å². The van der Waals surface area contributed by atoms with E-state index in [1.807, 2.05) is 25.1 Å². The highest BCUT2D eigenvalue weighted by atomic mass is 16.5. The predicted octanol–water partition coefficient (Wildman–Crippen LogP) is 3.02. The average molecular weight is 372 g/mol. The summed E-state index contributed by atoms with van der Waals surface area (Å²) in [5.74, 6) is 1.38. The van der Waals surface area contributed by atoms with Crippen LogP contribution in [0.1, 0.15) is 44.6 Å². The number of hydrogen-bond donors (Lipinski definition) is 1. The molecule has 1 unspecified atom stereocenters. The number of para-hydroxylation sites is 1. The second-order valence-corrected chi connectivity index (χ2v) is 7.04. The number of methoxy groups -OCH3 is 2. The Morgan fingerprint density at radius 2 is 2.07 bits per heavy atom. The van der Waals surface area contributed by atoms with Crippen molar-refractivity contribution in [2.75, 3.05) is 20.8 Å². The van der Waals surface area contributed by atoms with E-state index in [1.165, 1.54) is 0 Å². The molecule has 1 atom stereocenters. The summed E-state index contributed by atoms with van der Waals surface area (Å²) in [6.45, 7) is 2.92. The van der Waals surface area contributed by atoms with Crippen LogP contribution in [0.15, 0.2) is 30.0 Å². The van der Waals surface area contributed by atoms with Gasteiger partial charge in [0.2, 0.25) is 11.8 Å². The summed E-state index contributed by atoms with van der Waals surface area (Å²) in [4.78, 5) is 27.4. The van der Waals surface area contributed by atoms with Gasteiger partial charge in [-0.2, -0.15) is 0 Å². The molecule has 2 amide bonds. The Hall–Kier alpha value is -2.50. The van der Waals surface area contributed by atoms with E-state index in [9.17, 15) is 9.59 Å². The van der Waals surface area contributed by atoms with Gasteiger partial charge in [0.15, 0.2) is 11.5 Å². The second kappa shape index (κ2) is 8.03. The molecular weight excluding hydrogens is 344 g/mol. The molecule has 1 N–H and O–H groups in total. The maximum absolute atomic E-state index is 13.3. The van der Waals surface area contributed by atoms with Crippen LogP contribution < -0.4 is 14.8 Å². The molecule has 3 rings (SSSR count). The zero-order valence-electron chi connectivity index (χ0n) is 16.3. The quantitative estimate of drug-likeness (QED) is 0.833. The number of nitrogens with one attached hydrogen (secondary N) is 1. The minimum atomic E-state index is -0.603. The number of fused-ring (bicyclic) bond motifs is 1. The average Bonchev–Trinajstić information content (AvgIpc) is 2.71. The number of allylic oxidation sites excluding steroid dienone is 1. The van der Waals surface area contributed by atoms with Gasteiger partial charge in [0, 0.05) is 30.8 Å². The fraction of sp³-hybridized carbons (Fsp3) is 0.524. The first-order valence-electron chi connectivity index (χ1n) is 9.56. The molecule has 0 saturated carbocycles. The molecule has 6 heteroatoms. The molecule has 146 valence electrons. The first kappa shape index (κ1) is 19.3. The molecule has 1 fully saturated rings. The summed E-state index contributed by atoms with van der Waals surface area (Å²) >= 11 is 0. The van der Waals surface area contributed by atoms with Crippen LogP contribution in [-0.4, -0.2) is 37.5 Å². The molecule has 1 aliphatic carbocycles. The van der Waals surface area contributed by atoms with E-state index in [-0.39, 0.29) is 11.8 Å². The summed E-state index contributed by atoms with van der Waals surface area (Å²) in [7, 11) is 3.19. The molecule has 1 aromatic carbocycles. The summed E-state index contributed by atoms with van der Waals surface area (Å²) in [6, 6.07) is 5.63. The van der Waals surface area contributed by atoms with Gasteiger partial charge < -0.3 is 19.7 Å². The Kier molecular flexibility index (Phi) is 5.73. The highest BCUT2D eigenvalue weighted by Gasteiger charge is 2.49. The van der Waals surface area contributed by atoms with Gasteiger partial charge in [0.05, 0.1) is 19.6 Å². The fourth-order valence-corrected chi connectivity index (χ4v) is 4.30. The number of benzene rings is 1. The minimum Gasteiger partial charge on any atom is -0.493 e.